The van der Waals surface area contributed by atoms with Crippen LogP contribution in [-0.4, -0.2) is 30.6 Å². The number of hydrogen-bond acceptors (Lipinski definition) is 3. The Morgan fingerprint density at radius 3 is 1.95 bits per heavy atom. The molecule has 0 heterocycles. The van der Waals surface area contributed by atoms with Gasteiger partial charge in [-0.2, -0.15) is 0 Å². The molecule has 8 nitrogen and oxygen atoms in total. The molecular weight excluding hydrogens is 298 g/mol. The van der Waals surface area contributed by atoms with E-state index in [2.05, 4.69) is 0 Å². The molecule has 1 rings (SSSR count). The summed E-state index contributed by atoms with van der Waals surface area (Å²) in [4.78, 5) is 46.6. The van der Waals surface area contributed by atoms with Crippen LogP contribution in [0.3, 0.4) is 0 Å². The zero-order valence-corrected chi connectivity index (χ0v) is 11.3. The van der Waals surface area contributed by atoms with E-state index in [0.29, 0.717) is 0 Å². The van der Waals surface area contributed by atoms with Gasteiger partial charge in [0, 0.05) is 6.42 Å². The lowest BCUT2D eigenvalue weighted by molar-refractivity contribution is -0.136. The van der Waals surface area contributed by atoms with Gasteiger partial charge in [0.25, 0.3) is 0 Å². The molecule has 0 fully saturated rings. The van der Waals surface area contributed by atoms with Crippen molar-refractivity contribution >= 4 is 31.8 Å². The number of rotatable bonds is 5. The van der Waals surface area contributed by atoms with Gasteiger partial charge in [0.1, 0.15) is 0 Å². The Balaban J connectivity index is 3.28. The third-order valence-electron chi connectivity index (χ3n) is 2.30. The van der Waals surface area contributed by atoms with Crippen LogP contribution >= 0.6 is 15.2 Å². The molecule has 0 radical (unpaired) electrons. The molecular formula is C9H12O8P2. The fourth-order valence-corrected chi connectivity index (χ4v) is 3.58. The molecule has 0 unspecified atom stereocenters. The van der Waals surface area contributed by atoms with E-state index in [-0.39, 0.29) is 18.4 Å². The molecule has 0 bridgehead atoms. The monoisotopic (exact) mass is 310 g/mol. The van der Waals surface area contributed by atoms with Gasteiger partial charge >= 0.3 is 21.2 Å². The number of carbonyl (C=O) groups is 1. The molecule has 0 saturated heterocycles. The summed E-state index contributed by atoms with van der Waals surface area (Å²) in [6.45, 7) is 0. The van der Waals surface area contributed by atoms with Gasteiger partial charge in [-0.1, -0.05) is 6.07 Å². The van der Waals surface area contributed by atoms with Gasteiger partial charge in [0.2, 0.25) is 0 Å². The van der Waals surface area contributed by atoms with Crippen LogP contribution in [-0.2, 0) is 20.3 Å². The Kier molecular flexibility index (Phi) is 4.68. The van der Waals surface area contributed by atoms with Crippen molar-refractivity contribution in [3.63, 3.8) is 0 Å². The highest BCUT2D eigenvalue weighted by Crippen LogP contribution is 2.40. The van der Waals surface area contributed by atoms with E-state index in [1.54, 1.807) is 0 Å². The lowest BCUT2D eigenvalue weighted by Gasteiger charge is -2.13. The molecule has 106 valence electrons. The first-order valence-corrected chi connectivity index (χ1v) is 8.21. The molecule has 10 heteroatoms. The van der Waals surface area contributed by atoms with E-state index >= 15 is 0 Å². The summed E-state index contributed by atoms with van der Waals surface area (Å²) >= 11 is 0. The normalized spacial score (nSPS) is 12.4. The van der Waals surface area contributed by atoms with Crippen LogP contribution in [0, 0.1) is 0 Å². The highest BCUT2D eigenvalue weighted by atomic mass is 31.2. The smallest absolute Gasteiger partial charge is 0.357 e. The van der Waals surface area contributed by atoms with Crippen LogP contribution in [0.25, 0.3) is 0 Å². The predicted molar refractivity (Wildman–Crippen MR) is 65.8 cm³/mol. The zero-order valence-electron chi connectivity index (χ0n) is 9.50. The Hall–Kier alpha value is -1.01. The summed E-state index contributed by atoms with van der Waals surface area (Å²) in [5.41, 5.74) is 0.276. The van der Waals surface area contributed by atoms with E-state index in [4.69, 9.17) is 24.7 Å². The second kappa shape index (κ2) is 5.54. The largest absolute Gasteiger partial charge is 0.481 e. The Labute approximate surface area is 108 Å². The minimum Gasteiger partial charge on any atom is -0.481 e. The molecule has 0 aliphatic rings. The second-order valence-electron chi connectivity index (χ2n) is 3.80. The standard InChI is InChI=1S/C9H12O8P2/c10-9(11)4-2-6-1-3-7(18(12,13)14)8(5-6)19(15,16)17/h1,3,5H,2,4H2,(H,10,11)(H2,12,13,14)(H2,15,16,17). The van der Waals surface area contributed by atoms with E-state index in [1.165, 1.54) is 6.07 Å². The first-order valence-electron chi connectivity index (χ1n) is 4.99. The maximum atomic E-state index is 11.2. The van der Waals surface area contributed by atoms with Crippen LogP contribution in [0.2, 0.25) is 0 Å². The van der Waals surface area contributed by atoms with Crippen molar-refractivity contribution in [2.24, 2.45) is 0 Å². The third-order valence-corrected chi connectivity index (χ3v) is 4.49. The molecule has 0 amide bonds. The van der Waals surface area contributed by atoms with Gasteiger partial charge < -0.3 is 24.7 Å². The summed E-state index contributed by atoms with van der Waals surface area (Å²) in [5.74, 6) is -1.09. The summed E-state index contributed by atoms with van der Waals surface area (Å²) in [7, 11) is -9.68. The highest BCUT2D eigenvalue weighted by Gasteiger charge is 2.30. The summed E-state index contributed by atoms with van der Waals surface area (Å²) in [5, 5.41) is 6.99. The van der Waals surface area contributed by atoms with E-state index in [0.717, 1.165) is 12.1 Å². The van der Waals surface area contributed by atoms with Crippen molar-refractivity contribution in [3.05, 3.63) is 23.8 Å². The number of hydrogen-bond donors (Lipinski definition) is 5. The van der Waals surface area contributed by atoms with Crippen molar-refractivity contribution in [1.82, 2.24) is 0 Å². The average Bonchev–Trinajstić information content (AvgIpc) is 2.23. The third kappa shape index (κ3) is 4.54. The molecule has 19 heavy (non-hydrogen) atoms. The Morgan fingerprint density at radius 1 is 1.00 bits per heavy atom. The molecule has 0 saturated carbocycles. The molecule has 0 aliphatic heterocycles. The van der Waals surface area contributed by atoms with Crippen molar-refractivity contribution in [3.8, 4) is 0 Å². The second-order valence-corrected chi connectivity index (χ2v) is 6.94. The molecule has 1 aromatic carbocycles. The van der Waals surface area contributed by atoms with Crippen molar-refractivity contribution in [2.45, 2.75) is 12.8 Å². The number of aryl methyl sites for hydroxylation is 1. The van der Waals surface area contributed by atoms with Crippen LogP contribution in [0.1, 0.15) is 12.0 Å². The number of carboxylic acids is 1. The number of benzene rings is 1. The van der Waals surface area contributed by atoms with E-state index < -0.39 is 31.8 Å². The summed E-state index contributed by atoms with van der Waals surface area (Å²) < 4.78 is 22.4. The maximum Gasteiger partial charge on any atom is 0.357 e. The van der Waals surface area contributed by atoms with Crippen LogP contribution in [0.4, 0.5) is 0 Å². The van der Waals surface area contributed by atoms with Crippen LogP contribution in [0.5, 0.6) is 0 Å². The SMILES string of the molecule is O=C(O)CCc1ccc(P(=O)(O)O)c(P(=O)(O)O)c1. The topological polar surface area (TPSA) is 152 Å². The van der Waals surface area contributed by atoms with Crippen molar-refractivity contribution in [1.29, 1.82) is 0 Å². The molecule has 0 aliphatic carbocycles. The number of aliphatic carboxylic acids is 1. The number of carboxylic acid groups (broad SMARTS) is 1. The Morgan fingerprint density at radius 2 is 1.53 bits per heavy atom. The fraction of sp³-hybridized carbons (Fsp3) is 0.222. The molecule has 0 spiro atoms. The zero-order chi connectivity index (χ0) is 14.8. The summed E-state index contributed by atoms with van der Waals surface area (Å²) in [6, 6.07) is 3.07. The quantitative estimate of drug-likeness (QED) is 0.448. The van der Waals surface area contributed by atoms with Gasteiger partial charge in [-0.3, -0.25) is 13.9 Å². The molecule has 0 aromatic heterocycles. The minimum atomic E-state index is -4.87. The first kappa shape index (κ1) is 16.0. The van der Waals surface area contributed by atoms with Gasteiger partial charge in [-0.15, -0.1) is 0 Å². The van der Waals surface area contributed by atoms with Crippen molar-refractivity contribution < 1.29 is 38.6 Å². The van der Waals surface area contributed by atoms with Gasteiger partial charge in [0.15, 0.2) is 0 Å². The molecule has 1 aromatic rings. The van der Waals surface area contributed by atoms with Crippen LogP contribution < -0.4 is 10.6 Å². The summed E-state index contributed by atoms with van der Waals surface area (Å²) in [6.07, 6.45) is -0.250. The van der Waals surface area contributed by atoms with E-state index in [9.17, 15) is 13.9 Å². The predicted octanol–water partition coefficient (Wildman–Crippen LogP) is -0.690. The lowest BCUT2D eigenvalue weighted by atomic mass is 10.1. The molecule has 5 N–H and O–H groups in total. The van der Waals surface area contributed by atoms with Gasteiger partial charge in [-0.05, 0) is 24.1 Å². The van der Waals surface area contributed by atoms with E-state index in [1.807, 2.05) is 0 Å². The first-order chi connectivity index (χ1) is 8.51. The van der Waals surface area contributed by atoms with Gasteiger partial charge in [-0.25, -0.2) is 0 Å². The maximum absolute atomic E-state index is 11.2. The lowest BCUT2D eigenvalue weighted by Crippen LogP contribution is -2.25. The fourth-order valence-electron chi connectivity index (χ4n) is 1.46. The molecule has 0 atom stereocenters. The van der Waals surface area contributed by atoms with Crippen LogP contribution in [0.15, 0.2) is 18.2 Å². The average molecular weight is 310 g/mol. The van der Waals surface area contributed by atoms with Crippen molar-refractivity contribution in [2.75, 3.05) is 0 Å². The van der Waals surface area contributed by atoms with Gasteiger partial charge in [0.05, 0.1) is 10.6 Å². The highest BCUT2D eigenvalue weighted by molar-refractivity contribution is 7.67. The minimum absolute atomic E-state index is 0.00374. The Bertz CT molecular complexity index is 584.